The van der Waals surface area contributed by atoms with Crippen LogP contribution in [0.2, 0.25) is 0 Å². The van der Waals surface area contributed by atoms with Crippen LogP contribution < -0.4 is 16.0 Å². The SMILES string of the molecule is CCN(CC)S(=O)(=O)c1cc(Nc2nccc(-c3ccnc(NC(=O)NC)c3)n2)ccc1C. The topological polar surface area (TPSA) is 129 Å². The Kier molecular flexibility index (Phi) is 7.56. The summed E-state index contributed by atoms with van der Waals surface area (Å²) >= 11 is 0. The van der Waals surface area contributed by atoms with Gasteiger partial charge >= 0.3 is 6.03 Å². The Labute approximate surface area is 193 Å². The van der Waals surface area contributed by atoms with Crippen molar-refractivity contribution in [2.24, 2.45) is 0 Å². The zero-order valence-electron chi connectivity index (χ0n) is 19.0. The molecular weight excluding hydrogens is 442 g/mol. The number of amides is 2. The van der Waals surface area contributed by atoms with E-state index in [2.05, 4.69) is 30.9 Å². The number of carbonyl (C=O) groups excluding carboxylic acids is 1. The third kappa shape index (κ3) is 5.62. The van der Waals surface area contributed by atoms with Crippen molar-refractivity contribution in [3.8, 4) is 11.3 Å². The lowest BCUT2D eigenvalue weighted by molar-refractivity contribution is 0.254. The molecule has 0 fully saturated rings. The summed E-state index contributed by atoms with van der Waals surface area (Å²) in [5, 5.41) is 8.17. The summed E-state index contributed by atoms with van der Waals surface area (Å²) in [5.41, 5.74) is 2.56. The fourth-order valence-electron chi connectivity index (χ4n) is 3.20. The maximum absolute atomic E-state index is 13.0. The lowest BCUT2D eigenvalue weighted by Crippen LogP contribution is -2.31. The number of carbonyl (C=O) groups is 1. The van der Waals surface area contributed by atoms with Gasteiger partial charge in [0, 0.05) is 43.8 Å². The average molecular weight is 470 g/mol. The standard InChI is InChI=1S/C22H27N7O3S/c1-5-29(6-2)33(31,32)19-14-17(8-7-15(19)3)26-21-25-12-10-18(27-21)16-9-11-24-20(13-16)28-22(30)23-4/h7-14H,5-6H2,1-4H3,(H,25,26,27)(H2,23,24,28,30). The summed E-state index contributed by atoms with van der Waals surface area (Å²) in [7, 11) is -2.09. The van der Waals surface area contributed by atoms with Crippen molar-refractivity contribution in [2.75, 3.05) is 30.8 Å². The smallest absolute Gasteiger partial charge is 0.320 e. The molecule has 10 nitrogen and oxygen atoms in total. The Balaban J connectivity index is 1.89. The van der Waals surface area contributed by atoms with Crippen LogP contribution in [0.25, 0.3) is 11.3 Å². The third-order valence-electron chi connectivity index (χ3n) is 4.95. The van der Waals surface area contributed by atoms with Crippen LogP contribution in [0.4, 0.5) is 22.2 Å². The number of nitrogens with one attached hydrogen (secondary N) is 3. The zero-order valence-corrected chi connectivity index (χ0v) is 19.8. The number of anilines is 3. The van der Waals surface area contributed by atoms with E-state index in [1.165, 1.54) is 11.4 Å². The number of nitrogens with zero attached hydrogens (tertiary/aromatic N) is 4. The Morgan fingerprint density at radius 3 is 2.45 bits per heavy atom. The molecule has 3 aromatic rings. The molecule has 2 aromatic heterocycles. The fraction of sp³-hybridized carbons (Fsp3) is 0.273. The van der Waals surface area contributed by atoms with Gasteiger partial charge in [-0.25, -0.2) is 28.2 Å². The van der Waals surface area contributed by atoms with E-state index in [9.17, 15) is 13.2 Å². The van der Waals surface area contributed by atoms with Gasteiger partial charge in [-0.05, 0) is 42.8 Å². The Morgan fingerprint density at radius 2 is 1.76 bits per heavy atom. The number of aromatic nitrogens is 3. The van der Waals surface area contributed by atoms with E-state index in [-0.39, 0.29) is 10.9 Å². The van der Waals surface area contributed by atoms with Gasteiger partial charge in [0.2, 0.25) is 16.0 Å². The van der Waals surface area contributed by atoms with Crippen LogP contribution in [-0.4, -0.2) is 53.8 Å². The van der Waals surface area contributed by atoms with E-state index < -0.39 is 10.0 Å². The van der Waals surface area contributed by atoms with Gasteiger partial charge in [0.15, 0.2) is 0 Å². The Morgan fingerprint density at radius 1 is 1.03 bits per heavy atom. The normalized spacial score (nSPS) is 11.3. The molecule has 0 aliphatic carbocycles. The molecule has 0 saturated heterocycles. The summed E-state index contributed by atoms with van der Waals surface area (Å²) in [6.07, 6.45) is 3.17. The van der Waals surface area contributed by atoms with Crippen molar-refractivity contribution in [3.63, 3.8) is 0 Å². The van der Waals surface area contributed by atoms with Crippen molar-refractivity contribution in [2.45, 2.75) is 25.7 Å². The van der Waals surface area contributed by atoms with E-state index in [4.69, 9.17) is 0 Å². The van der Waals surface area contributed by atoms with Gasteiger partial charge in [-0.15, -0.1) is 0 Å². The number of urea groups is 1. The van der Waals surface area contributed by atoms with E-state index in [1.54, 1.807) is 55.7 Å². The predicted octanol–water partition coefficient (Wildman–Crippen LogP) is 3.37. The molecule has 2 heterocycles. The minimum absolute atomic E-state index is 0.242. The molecule has 1 aromatic carbocycles. The molecular formula is C22H27N7O3S. The van der Waals surface area contributed by atoms with Gasteiger partial charge < -0.3 is 10.6 Å². The minimum Gasteiger partial charge on any atom is -0.341 e. The van der Waals surface area contributed by atoms with Gasteiger partial charge in [0.05, 0.1) is 10.6 Å². The molecule has 0 saturated carbocycles. The quantitative estimate of drug-likeness (QED) is 0.461. The van der Waals surface area contributed by atoms with Gasteiger partial charge in [0.25, 0.3) is 0 Å². The first-order valence-electron chi connectivity index (χ1n) is 10.4. The summed E-state index contributed by atoms with van der Waals surface area (Å²) in [4.78, 5) is 24.7. The van der Waals surface area contributed by atoms with Crippen molar-refractivity contribution in [3.05, 3.63) is 54.4 Å². The first-order valence-corrected chi connectivity index (χ1v) is 11.9. The number of pyridine rings is 1. The molecule has 3 N–H and O–H groups in total. The second-order valence-electron chi connectivity index (χ2n) is 7.09. The van der Waals surface area contributed by atoms with Gasteiger partial charge in [-0.1, -0.05) is 19.9 Å². The molecule has 33 heavy (non-hydrogen) atoms. The van der Waals surface area contributed by atoms with Crippen LogP contribution in [-0.2, 0) is 10.0 Å². The molecule has 11 heteroatoms. The zero-order chi connectivity index (χ0) is 24.0. The van der Waals surface area contributed by atoms with Crippen molar-refractivity contribution in [1.29, 1.82) is 0 Å². The molecule has 0 unspecified atom stereocenters. The average Bonchev–Trinajstić information content (AvgIpc) is 2.81. The highest BCUT2D eigenvalue weighted by molar-refractivity contribution is 7.89. The number of benzene rings is 1. The Bertz CT molecular complexity index is 1240. The number of sulfonamides is 1. The lowest BCUT2D eigenvalue weighted by atomic mass is 10.2. The van der Waals surface area contributed by atoms with Gasteiger partial charge in [-0.3, -0.25) is 5.32 Å². The van der Waals surface area contributed by atoms with Crippen LogP contribution >= 0.6 is 0 Å². The van der Waals surface area contributed by atoms with E-state index in [0.717, 1.165) is 5.56 Å². The summed E-state index contributed by atoms with van der Waals surface area (Å²) in [5.74, 6) is 0.685. The fourth-order valence-corrected chi connectivity index (χ4v) is 4.91. The molecule has 174 valence electrons. The summed E-state index contributed by atoms with van der Waals surface area (Å²) < 4.78 is 27.5. The first-order chi connectivity index (χ1) is 15.8. The molecule has 0 aliphatic rings. The largest absolute Gasteiger partial charge is 0.341 e. The van der Waals surface area contributed by atoms with Crippen LogP contribution in [0.15, 0.2) is 53.7 Å². The van der Waals surface area contributed by atoms with Crippen LogP contribution in [0.3, 0.4) is 0 Å². The Hall–Kier alpha value is -3.57. The molecule has 0 atom stereocenters. The molecule has 3 rings (SSSR count). The van der Waals surface area contributed by atoms with E-state index >= 15 is 0 Å². The summed E-state index contributed by atoms with van der Waals surface area (Å²) in [6, 6.07) is 9.95. The maximum Gasteiger partial charge on any atom is 0.320 e. The highest BCUT2D eigenvalue weighted by atomic mass is 32.2. The second kappa shape index (κ2) is 10.4. The number of rotatable bonds is 8. The minimum atomic E-state index is -3.61. The third-order valence-corrected chi connectivity index (χ3v) is 7.14. The van der Waals surface area contributed by atoms with E-state index in [1.807, 2.05) is 13.8 Å². The van der Waals surface area contributed by atoms with Crippen molar-refractivity contribution < 1.29 is 13.2 Å². The highest BCUT2D eigenvalue weighted by Crippen LogP contribution is 2.26. The van der Waals surface area contributed by atoms with Crippen LogP contribution in [0, 0.1) is 6.92 Å². The van der Waals surface area contributed by atoms with Crippen molar-refractivity contribution >= 4 is 33.5 Å². The summed E-state index contributed by atoms with van der Waals surface area (Å²) in [6.45, 7) is 6.18. The number of hydrogen-bond acceptors (Lipinski definition) is 7. The lowest BCUT2D eigenvalue weighted by Gasteiger charge is -2.20. The monoisotopic (exact) mass is 469 g/mol. The van der Waals surface area contributed by atoms with Crippen LogP contribution in [0.5, 0.6) is 0 Å². The maximum atomic E-state index is 13.0. The molecule has 2 amide bonds. The first kappa shape index (κ1) is 24.1. The van der Waals surface area contributed by atoms with Gasteiger partial charge in [-0.2, -0.15) is 4.31 Å². The second-order valence-corrected chi connectivity index (χ2v) is 9.00. The molecule has 0 spiro atoms. The van der Waals surface area contributed by atoms with Gasteiger partial charge in [0.1, 0.15) is 5.82 Å². The number of aryl methyl sites for hydroxylation is 1. The highest BCUT2D eigenvalue weighted by Gasteiger charge is 2.24. The van der Waals surface area contributed by atoms with E-state index in [0.29, 0.717) is 41.8 Å². The predicted molar refractivity (Wildman–Crippen MR) is 128 cm³/mol. The molecule has 0 aliphatic heterocycles. The molecule has 0 radical (unpaired) electrons. The molecule has 0 bridgehead atoms. The van der Waals surface area contributed by atoms with Crippen molar-refractivity contribution in [1.82, 2.24) is 24.6 Å². The van der Waals surface area contributed by atoms with Crippen LogP contribution in [0.1, 0.15) is 19.4 Å². The number of hydrogen-bond donors (Lipinski definition) is 3.